The Hall–Kier alpha value is -2.22. The number of aromatic nitrogens is 3. The second kappa shape index (κ2) is 7.42. The lowest BCUT2D eigenvalue weighted by atomic mass is 9.89. The van der Waals surface area contributed by atoms with Crippen LogP contribution in [0.25, 0.3) is 10.9 Å². The summed E-state index contributed by atoms with van der Waals surface area (Å²) in [5.41, 5.74) is -0.112. The lowest BCUT2D eigenvalue weighted by molar-refractivity contribution is 0.0590. The van der Waals surface area contributed by atoms with E-state index >= 15 is 0 Å². The molecular formula is C19H26N4O4. The van der Waals surface area contributed by atoms with Gasteiger partial charge < -0.3 is 9.26 Å². The van der Waals surface area contributed by atoms with Crippen molar-refractivity contribution in [2.75, 3.05) is 13.7 Å². The van der Waals surface area contributed by atoms with Crippen LogP contribution < -0.4 is 5.56 Å². The Balaban J connectivity index is 1.66. The van der Waals surface area contributed by atoms with E-state index in [2.05, 4.69) is 15.2 Å². The van der Waals surface area contributed by atoms with E-state index in [9.17, 15) is 9.59 Å². The van der Waals surface area contributed by atoms with Crippen LogP contribution in [0.5, 0.6) is 0 Å². The zero-order valence-electron chi connectivity index (χ0n) is 15.9. The van der Waals surface area contributed by atoms with Crippen molar-refractivity contribution in [3.05, 3.63) is 21.8 Å². The average molecular weight is 374 g/mol. The van der Waals surface area contributed by atoms with Gasteiger partial charge in [0.15, 0.2) is 11.2 Å². The van der Waals surface area contributed by atoms with Crippen molar-refractivity contribution in [2.45, 2.75) is 64.6 Å². The number of nitrogens with zero attached hydrogens (tertiary/aromatic N) is 4. The predicted molar refractivity (Wildman–Crippen MR) is 98.4 cm³/mol. The second-order valence-corrected chi connectivity index (χ2v) is 7.76. The number of hydrogen-bond donors (Lipinski definition) is 0. The van der Waals surface area contributed by atoms with E-state index < -0.39 is 5.97 Å². The Labute approximate surface area is 157 Å². The van der Waals surface area contributed by atoms with E-state index in [4.69, 9.17) is 9.26 Å². The molecule has 27 heavy (non-hydrogen) atoms. The molecule has 2 aromatic rings. The summed E-state index contributed by atoms with van der Waals surface area (Å²) in [4.78, 5) is 27.4. The fourth-order valence-electron chi connectivity index (χ4n) is 4.11. The third-order valence-electron chi connectivity index (χ3n) is 5.73. The Morgan fingerprint density at radius 2 is 2.00 bits per heavy atom. The number of aryl methyl sites for hydroxylation is 1. The number of carbonyl (C=O) groups is 1. The average Bonchev–Trinajstić information content (AvgIpc) is 3.46. The molecule has 2 saturated carbocycles. The van der Waals surface area contributed by atoms with Crippen molar-refractivity contribution in [1.82, 2.24) is 19.8 Å². The predicted octanol–water partition coefficient (Wildman–Crippen LogP) is 2.48. The normalized spacial score (nSPS) is 18.3. The minimum absolute atomic E-state index is 0.0827. The van der Waals surface area contributed by atoms with Gasteiger partial charge in [0.1, 0.15) is 5.76 Å². The van der Waals surface area contributed by atoms with Gasteiger partial charge in [0, 0.05) is 12.6 Å². The van der Waals surface area contributed by atoms with Crippen molar-refractivity contribution >= 4 is 16.9 Å². The molecule has 8 heteroatoms. The van der Waals surface area contributed by atoms with Gasteiger partial charge in [-0.1, -0.05) is 24.4 Å². The molecule has 8 nitrogen and oxygen atoms in total. The zero-order chi connectivity index (χ0) is 19.0. The first kappa shape index (κ1) is 18.2. The summed E-state index contributed by atoms with van der Waals surface area (Å²) >= 11 is 0. The molecule has 2 fully saturated rings. The summed E-state index contributed by atoms with van der Waals surface area (Å²) in [7, 11) is 1.30. The SMILES string of the molecule is COC(=O)c1nn(CN(CC2CCCCC2)C2CC2)c(=O)c2noc(C)c12. The smallest absolute Gasteiger partial charge is 0.359 e. The van der Waals surface area contributed by atoms with E-state index in [0.717, 1.165) is 19.4 Å². The highest BCUT2D eigenvalue weighted by atomic mass is 16.5. The summed E-state index contributed by atoms with van der Waals surface area (Å²) in [6.45, 7) is 3.00. The maximum absolute atomic E-state index is 12.9. The molecule has 0 aromatic carbocycles. The number of hydrogen-bond acceptors (Lipinski definition) is 7. The van der Waals surface area contributed by atoms with Gasteiger partial charge in [0.25, 0.3) is 5.56 Å². The van der Waals surface area contributed by atoms with E-state index in [-0.39, 0.29) is 16.8 Å². The van der Waals surface area contributed by atoms with Crippen LogP contribution in [0.3, 0.4) is 0 Å². The van der Waals surface area contributed by atoms with Crippen LogP contribution in [0, 0.1) is 12.8 Å². The summed E-state index contributed by atoms with van der Waals surface area (Å²) in [6, 6.07) is 0.497. The highest BCUT2D eigenvalue weighted by molar-refractivity contribution is 6.01. The van der Waals surface area contributed by atoms with E-state index in [0.29, 0.717) is 29.8 Å². The summed E-state index contributed by atoms with van der Waals surface area (Å²) in [6.07, 6.45) is 8.70. The fourth-order valence-corrected chi connectivity index (χ4v) is 4.11. The number of fused-ring (bicyclic) bond motifs is 1. The van der Waals surface area contributed by atoms with Crippen molar-refractivity contribution in [2.24, 2.45) is 5.92 Å². The second-order valence-electron chi connectivity index (χ2n) is 7.76. The molecule has 2 heterocycles. The van der Waals surface area contributed by atoms with E-state index in [1.165, 1.54) is 43.9 Å². The Morgan fingerprint density at radius 3 is 2.67 bits per heavy atom. The molecule has 0 saturated heterocycles. The number of methoxy groups -OCH3 is 1. The first-order chi connectivity index (χ1) is 13.1. The van der Waals surface area contributed by atoms with Gasteiger partial charge in [-0.25, -0.2) is 9.48 Å². The van der Waals surface area contributed by atoms with Crippen LogP contribution in [0.4, 0.5) is 0 Å². The Bertz CT molecular complexity index is 893. The van der Waals surface area contributed by atoms with E-state index in [1.807, 2.05) is 0 Å². The van der Waals surface area contributed by atoms with Gasteiger partial charge in [0.2, 0.25) is 0 Å². The van der Waals surface area contributed by atoms with E-state index in [1.54, 1.807) is 6.92 Å². The first-order valence-electron chi connectivity index (χ1n) is 9.78. The van der Waals surface area contributed by atoms with Crippen LogP contribution in [-0.4, -0.2) is 45.5 Å². The van der Waals surface area contributed by atoms with Crippen molar-refractivity contribution in [1.29, 1.82) is 0 Å². The molecular weight excluding hydrogens is 348 g/mol. The molecule has 0 amide bonds. The monoisotopic (exact) mass is 374 g/mol. The van der Waals surface area contributed by atoms with Crippen molar-refractivity contribution < 1.29 is 14.1 Å². The summed E-state index contributed by atoms with van der Waals surface area (Å²) in [5, 5.41) is 8.54. The largest absolute Gasteiger partial charge is 0.464 e. The van der Waals surface area contributed by atoms with Gasteiger partial charge in [-0.15, -0.1) is 0 Å². The number of ether oxygens (including phenoxy) is 1. The molecule has 2 aliphatic rings. The van der Waals surface area contributed by atoms with Gasteiger partial charge in [-0.3, -0.25) is 9.69 Å². The molecule has 0 spiro atoms. The zero-order valence-corrected chi connectivity index (χ0v) is 15.9. The summed E-state index contributed by atoms with van der Waals surface area (Å²) < 4.78 is 11.3. The van der Waals surface area contributed by atoms with Crippen LogP contribution in [0.1, 0.15) is 61.2 Å². The molecule has 146 valence electrons. The van der Waals surface area contributed by atoms with Crippen molar-refractivity contribution in [3.8, 4) is 0 Å². The fraction of sp³-hybridized carbons (Fsp3) is 0.684. The number of esters is 1. The van der Waals surface area contributed by atoms with Crippen LogP contribution in [-0.2, 0) is 11.4 Å². The van der Waals surface area contributed by atoms with Gasteiger partial charge in [0.05, 0.1) is 19.2 Å². The quantitative estimate of drug-likeness (QED) is 0.717. The molecule has 2 aromatic heterocycles. The Morgan fingerprint density at radius 1 is 1.26 bits per heavy atom. The topological polar surface area (TPSA) is 90.5 Å². The highest BCUT2D eigenvalue weighted by Gasteiger charge is 2.32. The maximum Gasteiger partial charge on any atom is 0.359 e. The van der Waals surface area contributed by atoms with Gasteiger partial charge >= 0.3 is 5.97 Å². The minimum atomic E-state index is -0.592. The standard InChI is InChI=1S/C19H26N4O4/c1-12-15-16(21-27-12)18(24)23(20-17(15)19(25)26-2)11-22(14-8-9-14)10-13-6-4-3-5-7-13/h13-14H,3-11H2,1-2H3. The lowest BCUT2D eigenvalue weighted by Gasteiger charge is -2.29. The highest BCUT2D eigenvalue weighted by Crippen LogP contribution is 2.31. The molecule has 0 radical (unpaired) electrons. The maximum atomic E-state index is 12.9. The molecule has 2 aliphatic carbocycles. The molecule has 0 atom stereocenters. The third-order valence-corrected chi connectivity index (χ3v) is 5.73. The third kappa shape index (κ3) is 3.63. The van der Waals surface area contributed by atoms with Crippen LogP contribution >= 0.6 is 0 Å². The molecule has 0 N–H and O–H groups in total. The number of rotatable bonds is 6. The summed E-state index contributed by atoms with van der Waals surface area (Å²) in [5.74, 6) is 0.474. The lowest BCUT2D eigenvalue weighted by Crippen LogP contribution is -2.39. The van der Waals surface area contributed by atoms with Crippen LogP contribution in [0.15, 0.2) is 9.32 Å². The molecule has 0 bridgehead atoms. The number of carbonyl (C=O) groups excluding carboxylic acids is 1. The molecule has 4 rings (SSSR count). The first-order valence-corrected chi connectivity index (χ1v) is 9.78. The molecule has 0 aliphatic heterocycles. The minimum Gasteiger partial charge on any atom is -0.464 e. The van der Waals surface area contributed by atoms with Gasteiger partial charge in [-0.2, -0.15) is 5.10 Å². The Kier molecular flexibility index (Phi) is 4.99. The van der Waals surface area contributed by atoms with Crippen molar-refractivity contribution in [3.63, 3.8) is 0 Å². The van der Waals surface area contributed by atoms with Crippen LogP contribution in [0.2, 0.25) is 0 Å². The van der Waals surface area contributed by atoms with Gasteiger partial charge in [-0.05, 0) is 38.5 Å². The molecule has 0 unspecified atom stereocenters.